The molecule has 1 aliphatic rings. The molecule has 236 valence electrons. The molecule has 6 rings (SSSR count). The second-order valence-corrected chi connectivity index (χ2v) is 14.3. The molecule has 3 heterocycles. The largest absolute Gasteiger partial charge is 0.488 e. The number of esters is 1. The number of hydrogen-bond acceptors (Lipinski definition) is 8. The lowest BCUT2D eigenvalue weighted by Gasteiger charge is -2.24. The Morgan fingerprint density at radius 1 is 1.22 bits per heavy atom. The van der Waals surface area contributed by atoms with E-state index in [0.717, 1.165) is 55.5 Å². The molecule has 0 spiro atoms. The van der Waals surface area contributed by atoms with Crippen LogP contribution in [0.4, 0.5) is 4.39 Å². The predicted molar refractivity (Wildman–Crippen MR) is 172 cm³/mol. The maximum Gasteiger partial charge on any atom is 0.306 e. The molecule has 0 amide bonds. The summed E-state index contributed by atoms with van der Waals surface area (Å²) in [6, 6.07) is 12.1. The van der Waals surface area contributed by atoms with E-state index in [-0.39, 0.29) is 47.8 Å². The van der Waals surface area contributed by atoms with Gasteiger partial charge in [-0.25, -0.2) is 17.5 Å². The van der Waals surface area contributed by atoms with E-state index < -0.39 is 27.9 Å². The van der Waals surface area contributed by atoms with Gasteiger partial charge in [-0.1, -0.05) is 35.9 Å². The number of aromatic nitrogens is 3. The van der Waals surface area contributed by atoms with Crippen molar-refractivity contribution in [3.05, 3.63) is 80.9 Å². The van der Waals surface area contributed by atoms with Gasteiger partial charge >= 0.3 is 5.97 Å². The Morgan fingerprint density at radius 2 is 2.02 bits per heavy atom. The molecular formula is C32H32ClFN4O5S2. The van der Waals surface area contributed by atoms with E-state index in [1.807, 2.05) is 56.6 Å². The first-order valence-electron chi connectivity index (χ1n) is 14.6. The molecule has 0 unspecified atom stereocenters. The molecule has 0 saturated heterocycles. The first kappa shape index (κ1) is 31.4. The van der Waals surface area contributed by atoms with Gasteiger partial charge < -0.3 is 9.47 Å². The van der Waals surface area contributed by atoms with Gasteiger partial charge in [0.25, 0.3) is 0 Å². The number of halogens is 2. The van der Waals surface area contributed by atoms with Crippen molar-refractivity contribution < 1.29 is 27.1 Å². The maximum atomic E-state index is 14.4. The van der Waals surface area contributed by atoms with Crippen LogP contribution in [0.5, 0.6) is 5.75 Å². The number of carbonyl (C=O) groups excluding carboxylic acids is 1. The first-order chi connectivity index (χ1) is 21.5. The van der Waals surface area contributed by atoms with Crippen molar-refractivity contribution in [3.8, 4) is 5.75 Å². The Bertz CT molecular complexity index is 2040. The molecule has 0 N–H and O–H groups in total. The van der Waals surface area contributed by atoms with Gasteiger partial charge in [0.15, 0.2) is 0 Å². The fourth-order valence-electron chi connectivity index (χ4n) is 5.96. The van der Waals surface area contributed by atoms with E-state index in [2.05, 4.69) is 10.3 Å². The molecule has 3 aromatic carbocycles. The topological polar surface area (TPSA) is 104 Å². The molecular weight excluding hydrogens is 639 g/mol. The average molecular weight is 671 g/mol. The number of carbonyl (C=O) groups is 1. The summed E-state index contributed by atoms with van der Waals surface area (Å²) in [7, 11) is -2.29. The molecule has 5 aromatic rings. The standard InChI is InChI=1S/C32H32ClFN4O5S2/c1-5-22-17-38(45(40,41)29-14-25(33)26(34)15-28(29)43-22)16-21-12-20(11-19-9-10-44-32(19)21)24(13-30(39)42-6-2)23-7-8-27-31(18(23)3)35-36-37(27)4/h7-12,14-15,22,24H,5-6,13,16-17H2,1-4H3/t22-,24-/m1/s1. The molecule has 0 bridgehead atoms. The van der Waals surface area contributed by atoms with Crippen LogP contribution in [0.25, 0.3) is 21.1 Å². The molecule has 0 radical (unpaired) electrons. The Hall–Kier alpha value is -3.58. The molecule has 0 aliphatic carbocycles. The molecule has 45 heavy (non-hydrogen) atoms. The lowest BCUT2D eigenvalue weighted by atomic mass is 9.84. The number of aryl methyl sites for hydroxylation is 2. The minimum Gasteiger partial charge on any atom is -0.488 e. The third-order valence-electron chi connectivity index (χ3n) is 8.29. The van der Waals surface area contributed by atoms with Gasteiger partial charge in [0, 0.05) is 30.3 Å². The van der Waals surface area contributed by atoms with E-state index in [9.17, 15) is 17.6 Å². The van der Waals surface area contributed by atoms with Crippen LogP contribution in [0.15, 0.2) is 52.7 Å². The second-order valence-electron chi connectivity index (χ2n) is 11.1. The zero-order chi connectivity index (χ0) is 32.0. The van der Waals surface area contributed by atoms with E-state index in [1.165, 1.54) is 15.6 Å². The third-order valence-corrected chi connectivity index (χ3v) is 11.4. The van der Waals surface area contributed by atoms with Crippen molar-refractivity contribution in [3.63, 3.8) is 0 Å². The van der Waals surface area contributed by atoms with Crippen molar-refractivity contribution >= 4 is 60.0 Å². The van der Waals surface area contributed by atoms with Crippen molar-refractivity contribution in [2.45, 2.75) is 57.1 Å². The predicted octanol–water partition coefficient (Wildman–Crippen LogP) is 6.73. The maximum absolute atomic E-state index is 14.4. The van der Waals surface area contributed by atoms with Gasteiger partial charge in [0.2, 0.25) is 10.0 Å². The minimum absolute atomic E-state index is 0.0375. The van der Waals surface area contributed by atoms with Gasteiger partial charge in [-0.3, -0.25) is 4.79 Å². The molecule has 9 nitrogen and oxygen atoms in total. The number of nitrogens with zero attached hydrogens (tertiary/aromatic N) is 4. The zero-order valence-electron chi connectivity index (χ0n) is 25.2. The fourth-order valence-corrected chi connectivity index (χ4v) is 8.65. The van der Waals surface area contributed by atoms with Gasteiger partial charge in [-0.2, -0.15) is 4.31 Å². The van der Waals surface area contributed by atoms with Crippen LogP contribution in [-0.4, -0.2) is 52.9 Å². The molecule has 0 fully saturated rings. The average Bonchev–Trinajstić information content (AvgIpc) is 3.62. The summed E-state index contributed by atoms with van der Waals surface area (Å²) in [5.41, 5.74) is 5.05. The highest BCUT2D eigenvalue weighted by Crippen LogP contribution is 2.40. The van der Waals surface area contributed by atoms with E-state index in [4.69, 9.17) is 21.1 Å². The summed E-state index contributed by atoms with van der Waals surface area (Å²) in [5.74, 6) is -1.53. The number of ether oxygens (including phenoxy) is 2. The summed E-state index contributed by atoms with van der Waals surface area (Å²) in [5, 5.41) is 11.1. The number of sulfonamides is 1. The molecule has 1 aliphatic heterocycles. The van der Waals surface area contributed by atoms with Crippen LogP contribution in [0.1, 0.15) is 54.9 Å². The second kappa shape index (κ2) is 12.3. The Kier molecular flexibility index (Phi) is 8.59. The van der Waals surface area contributed by atoms with Crippen LogP contribution in [0.2, 0.25) is 5.02 Å². The fraction of sp³-hybridized carbons (Fsp3) is 0.344. The van der Waals surface area contributed by atoms with Crippen LogP contribution in [0, 0.1) is 12.7 Å². The summed E-state index contributed by atoms with van der Waals surface area (Å²) >= 11 is 7.55. The van der Waals surface area contributed by atoms with Gasteiger partial charge in [0.05, 0.1) is 30.1 Å². The van der Waals surface area contributed by atoms with Crippen molar-refractivity contribution in [1.29, 1.82) is 0 Å². The highest BCUT2D eigenvalue weighted by molar-refractivity contribution is 7.89. The lowest BCUT2D eigenvalue weighted by molar-refractivity contribution is -0.143. The van der Waals surface area contributed by atoms with Crippen molar-refractivity contribution in [2.24, 2.45) is 7.05 Å². The smallest absolute Gasteiger partial charge is 0.306 e. The van der Waals surface area contributed by atoms with E-state index in [1.54, 1.807) is 11.6 Å². The van der Waals surface area contributed by atoms with Crippen LogP contribution >= 0.6 is 22.9 Å². The molecule has 2 atom stereocenters. The highest BCUT2D eigenvalue weighted by Gasteiger charge is 2.36. The number of hydrogen-bond donors (Lipinski definition) is 0. The minimum atomic E-state index is -4.12. The van der Waals surface area contributed by atoms with Crippen LogP contribution in [-0.2, 0) is 33.1 Å². The van der Waals surface area contributed by atoms with Crippen LogP contribution in [0.3, 0.4) is 0 Å². The van der Waals surface area contributed by atoms with Crippen molar-refractivity contribution in [1.82, 2.24) is 19.3 Å². The van der Waals surface area contributed by atoms with Gasteiger partial charge in [0.1, 0.15) is 28.1 Å². The Balaban J connectivity index is 1.48. The lowest BCUT2D eigenvalue weighted by Crippen LogP contribution is -2.36. The Labute approximate surface area is 269 Å². The Morgan fingerprint density at radius 3 is 2.78 bits per heavy atom. The normalized spacial score (nSPS) is 17.2. The first-order valence-corrected chi connectivity index (χ1v) is 17.3. The van der Waals surface area contributed by atoms with Gasteiger partial charge in [-0.15, -0.1) is 16.4 Å². The quantitative estimate of drug-likeness (QED) is 0.169. The van der Waals surface area contributed by atoms with Crippen molar-refractivity contribution in [2.75, 3.05) is 13.2 Å². The van der Waals surface area contributed by atoms with Crippen LogP contribution < -0.4 is 4.74 Å². The SMILES string of the molecule is CCOC(=O)C[C@H](c1cc(CN2C[C@@H](CC)Oc3cc(F)c(Cl)cc3S2(=O)=O)c2sccc2c1)c1ccc2c(nnn2C)c1C. The summed E-state index contributed by atoms with van der Waals surface area (Å²) in [6.07, 6.45) is 0.0953. The number of thiophene rings is 1. The highest BCUT2D eigenvalue weighted by atomic mass is 35.5. The molecule has 2 aromatic heterocycles. The van der Waals surface area contributed by atoms with E-state index >= 15 is 0 Å². The zero-order valence-corrected chi connectivity index (χ0v) is 27.6. The number of rotatable bonds is 8. The third kappa shape index (κ3) is 5.80. The number of benzene rings is 3. The molecule has 13 heteroatoms. The number of fused-ring (bicyclic) bond motifs is 3. The summed E-state index contributed by atoms with van der Waals surface area (Å²) < 4.78 is 57.8. The molecule has 0 saturated carbocycles. The summed E-state index contributed by atoms with van der Waals surface area (Å²) in [4.78, 5) is 12.8. The monoisotopic (exact) mass is 670 g/mol. The van der Waals surface area contributed by atoms with E-state index in [0.29, 0.717) is 6.42 Å². The van der Waals surface area contributed by atoms with Gasteiger partial charge in [-0.05, 0) is 77.6 Å². The summed E-state index contributed by atoms with van der Waals surface area (Å²) in [6.45, 7) is 5.99.